The fourth-order valence-corrected chi connectivity index (χ4v) is 3.38. The van der Waals surface area contributed by atoms with Gasteiger partial charge in [0.2, 0.25) is 0 Å². The van der Waals surface area contributed by atoms with Gasteiger partial charge in [-0.25, -0.2) is 4.79 Å². The summed E-state index contributed by atoms with van der Waals surface area (Å²) in [6, 6.07) is 13.2. The van der Waals surface area contributed by atoms with Gasteiger partial charge in [-0.05, 0) is 49.6 Å². The zero-order valence-corrected chi connectivity index (χ0v) is 15.5. The Balaban J connectivity index is 1.93. The summed E-state index contributed by atoms with van der Waals surface area (Å²) in [5, 5.41) is 2.84. The van der Waals surface area contributed by atoms with Gasteiger partial charge < -0.3 is 5.32 Å². The first-order valence-corrected chi connectivity index (χ1v) is 8.57. The SMILES string of the molecule is Cc1ccc(C)c(CN2C(=O)N[C@](C)(c3cccc(Br)c3)C2=O)c1. The van der Waals surface area contributed by atoms with Crippen molar-refractivity contribution in [2.45, 2.75) is 32.9 Å². The standard InChI is InChI=1S/C19H19BrN2O2/c1-12-7-8-13(2)14(9-12)11-22-17(23)19(3,21-18(22)24)15-5-4-6-16(20)10-15/h4-10H,11H2,1-3H3,(H,21,24)/t19-/m1/s1. The first-order valence-electron chi connectivity index (χ1n) is 7.77. The van der Waals surface area contributed by atoms with Crippen molar-refractivity contribution >= 4 is 27.9 Å². The molecule has 0 radical (unpaired) electrons. The minimum absolute atomic E-state index is 0.230. The lowest BCUT2D eigenvalue weighted by molar-refractivity contribution is -0.131. The van der Waals surface area contributed by atoms with Crippen LogP contribution in [0.15, 0.2) is 46.9 Å². The van der Waals surface area contributed by atoms with E-state index in [1.165, 1.54) is 4.90 Å². The first kappa shape index (κ1) is 16.7. The smallest absolute Gasteiger partial charge is 0.319 e. The van der Waals surface area contributed by atoms with Crippen LogP contribution in [-0.2, 0) is 16.9 Å². The lowest BCUT2D eigenvalue weighted by Crippen LogP contribution is -2.40. The highest BCUT2D eigenvalue weighted by Gasteiger charge is 2.48. The average Bonchev–Trinajstić information content (AvgIpc) is 2.75. The van der Waals surface area contributed by atoms with Crippen molar-refractivity contribution in [3.63, 3.8) is 0 Å². The monoisotopic (exact) mass is 386 g/mol. The maximum absolute atomic E-state index is 13.0. The third-order valence-corrected chi connectivity index (χ3v) is 5.00. The highest BCUT2D eigenvalue weighted by atomic mass is 79.9. The van der Waals surface area contributed by atoms with E-state index >= 15 is 0 Å². The van der Waals surface area contributed by atoms with Crippen molar-refractivity contribution in [2.24, 2.45) is 0 Å². The molecule has 1 atom stereocenters. The molecule has 3 amide bonds. The molecular formula is C19H19BrN2O2. The van der Waals surface area contributed by atoms with Crippen LogP contribution in [0.1, 0.15) is 29.2 Å². The maximum Gasteiger partial charge on any atom is 0.325 e. The van der Waals surface area contributed by atoms with Crippen LogP contribution in [0.3, 0.4) is 0 Å². The van der Waals surface area contributed by atoms with Gasteiger partial charge in [-0.2, -0.15) is 0 Å². The Morgan fingerprint density at radius 2 is 1.88 bits per heavy atom. The zero-order valence-electron chi connectivity index (χ0n) is 13.9. The number of rotatable bonds is 3. The number of imide groups is 1. The molecule has 1 fully saturated rings. The van der Waals surface area contributed by atoms with Crippen LogP contribution in [0.2, 0.25) is 0 Å². The van der Waals surface area contributed by atoms with Gasteiger partial charge in [0.25, 0.3) is 5.91 Å². The average molecular weight is 387 g/mol. The van der Waals surface area contributed by atoms with E-state index in [1.54, 1.807) is 6.92 Å². The molecular weight excluding hydrogens is 368 g/mol. The molecule has 0 unspecified atom stereocenters. The van der Waals surface area contributed by atoms with Gasteiger partial charge >= 0.3 is 6.03 Å². The molecule has 1 heterocycles. The van der Waals surface area contributed by atoms with E-state index in [0.717, 1.165) is 26.7 Å². The van der Waals surface area contributed by atoms with Crippen molar-refractivity contribution in [3.8, 4) is 0 Å². The van der Waals surface area contributed by atoms with Crippen LogP contribution in [0.5, 0.6) is 0 Å². The number of benzene rings is 2. The normalized spacial score (nSPS) is 20.4. The van der Waals surface area contributed by atoms with E-state index in [2.05, 4.69) is 21.2 Å². The van der Waals surface area contributed by atoms with Crippen LogP contribution >= 0.6 is 15.9 Å². The van der Waals surface area contributed by atoms with Crippen molar-refractivity contribution < 1.29 is 9.59 Å². The minimum Gasteiger partial charge on any atom is -0.319 e. The van der Waals surface area contributed by atoms with E-state index in [-0.39, 0.29) is 18.5 Å². The molecule has 2 aromatic carbocycles. The second kappa shape index (κ2) is 6.06. The number of nitrogens with one attached hydrogen (secondary N) is 1. The lowest BCUT2D eigenvalue weighted by Gasteiger charge is -2.22. The molecule has 0 aliphatic carbocycles. The number of hydrogen-bond donors (Lipinski definition) is 1. The molecule has 1 aliphatic heterocycles. The Hall–Kier alpha value is -2.14. The summed E-state index contributed by atoms with van der Waals surface area (Å²) in [4.78, 5) is 26.7. The predicted octanol–water partition coefficient (Wildman–Crippen LogP) is 4.03. The number of nitrogens with zero attached hydrogens (tertiary/aromatic N) is 1. The topological polar surface area (TPSA) is 49.4 Å². The summed E-state index contributed by atoms with van der Waals surface area (Å²) in [7, 11) is 0. The number of hydrogen-bond acceptors (Lipinski definition) is 2. The zero-order chi connectivity index (χ0) is 17.5. The molecule has 5 heteroatoms. The van der Waals surface area contributed by atoms with Gasteiger partial charge in [0.05, 0.1) is 6.54 Å². The van der Waals surface area contributed by atoms with Gasteiger partial charge in [-0.1, -0.05) is 51.8 Å². The molecule has 3 rings (SSSR count). The largest absolute Gasteiger partial charge is 0.325 e. The Morgan fingerprint density at radius 1 is 1.12 bits per heavy atom. The first-order chi connectivity index (χ1) is 11.3. The summed E-state index contributed by atoms with van der Waals surface area (Å²) < 4.78 is 0.872. The molecule has 1 aliphatic rings. The fourth-order valence-electron chi connectivity index (χ4n) is 2.98. The Morgan fingerprint density at radius 3 is 2.58 bits per heavy atom. The quantitative estimate of drug-likeness (QED) is 0.809. The summed E-state index contributed by atoms with van der Waals surface area (Å²) in [5.74, 6) is -0.230. The van der Waals surface area contributed by atoms with Gasteiger partial charge in [-0.15, -0.1) is 0 Å². The Bertz CT molecular complexity index is 834. The van der Waals surface area contributed by atoms with Crippen molar-refractivity contribution in [2.75, 3.05) is 0 Å². The van der Waals surface area contributed by atoms with E-state index < -0.39 is 5.54 Å². The number of urea groups is 1. The second-order valence-corrected chi connectivity index (χ2v) is 7.30. The van der Waals surface area contributed by atoms with E-state index in [1.807, 2.05) is 56.3 Å². The second-order valence-electron chi connectivity index (χ2n) is 6.39. The fraction of sp³-hybridized carbons (Fsp3) is 0.263. The lowest BCUT2D eigenvalue weighted by atomic mass is 9.92. The van der Waals surface area contributed by atoms with E-state index in [9.17, 15) is 9.59 Å². The van der Waals surface area contributed by atoms with Crippen LogP contribution in [0.25, 0.3) is 0 Å². The predicted molar refractivity (Wildman–Crippen MR) is 96.5 cm³/mol. The highest BCUT2D eigenvalue weighted by Crippen LogP contribution is 2.31. The molecule has 0 spiro atoms. The van der Waals surface area contributed by atoms with Crippen molar-refractivity contribution in [1.29, 1.82) is 0 Å². The van der Waals surface area contributed by atoms with Crippen LogP contribution in [-0.4, -0.2) is 16.8 Å². The number of carbonyl (C=O) groups is 2. The van der Waals surface area contributed by atoms with Gasteiger partial charge in [0.15, 0.2) is 0 Å². The third kappa shape index (κ3) is 2.84. The number of aryl methyl sites for hydroxylation is 2. The van der Waals surface area contributed by atoms with Crippen LogP contribution in [0.4, 0.5) is 4.79 Å². The van der Waals surface area contributed by atoms with Crippen LogP contribution < -0.4 is 5.32 Å². The summed E-state index contributed by atoms with van der Waals surface area (Å²) in [5.41, 5.74) is 2.88. The summed E-state index contributed by atoms with van der Waals surface area (Å²) in [6.07, 6.45) is 0. The van der Waals surface area contributed by atoms with E-state index in [4.69, 9.17) is 0 Å². The number of amides is 3. The van der Waals surface area contributed by atoms with Gasteiger partial charge in [0, 0.05) is 4.47 Å². The molecule has 1 N–H and O–H groups in total. The van der Waals surface area contributed by atoms with Crippen molar-refractivity contribution in [3.05, 3.63) is 69.2 Å². The molecule has 1 saturated heterocycles. The van der Waals surface area contributed by atoms with E-state index in [0.29, 0.717) is 0 Å². The molecule has 4 nitrogen and oxygen atoms in total. The molecule has 0 saturated carbocycles. The number of halogens is 1. The summed E-state index contributed by atoms with van der Waals surface area (Å²) in [6.45, 7) is 6.01. The molecule has 0 bridgehead atoms. The Labute approximate surface area is 150 Å². The maximum atomic E-state index is 13.0. The molecule has 124 valence electrons. The third-order valence-electron chi connectivity index (χ3n) is 4.51. The van der Waals surface area contributed by atoms with Gasteiger partial charge in [0.1, 0.15) is 5.54 Å². The Kier molecular flexibility index (Phi) is 4.22. The number of carbonyl (C=O) groups excluding carboxylic acids is 2. The van der Waals surface area contributed by atoms with Gasteiger partial charge in [-0.3, -0.25) is 9.69 Å². The molecule has 0 aromatic heterocycles. The van der Waals surface area contributed by atoms with Crippen LogP contribution in [0, 0.1) is 13.8 Å². The molecule has 2 aromatic rings. The highest BCUT2D eigenvalue weighted by molar-refractivity contribution is 9.10. The summed E-state index contributed by atoms with van der Waals surface area (Å²) >= 11 is 3.42. The molecule has 24 heavy (non-hydrogen) atoms. The van der Waals surface area contributed by atoms with Crippen molar-refractivity contribution in [1.82, 2.24) is 10.2 Å². The minimum atomic E-state index is -1.04.